The van der Waals surface area contributed by atoms with E-state index in [0.29, 0.717) is 16.7 Å². The fourth-order valence-corrected chi connectivity index (χ4v) is 6.38. The third-order valence-electron chi connectivity index (χ3n) is 3.89. The maximum absolute atomic E-state index is 11.9. The summed E-state index contributed by atoms with van der Waals surface area (Å²) in [6.07, 6.45) is 9.09. The summed E-state index contributed by atoms with van der Waals surface area (Å²) >= 11 is 0. The standard InChI is InChI=1S/C12H21OS/c1-11(13)12(7-3-2-4-8-12)14-9-5-6-10-14/h2-10H2,1H3/q+1. The van der Waals surface area contributed by atoms with Crippen LogP contribution in [0, 0.1) is 0 Å². The zero-order valence-corrected chi connectivity index (χ0v) is 10.00. The van der Waals surface area contributed by atoms with Crippen LogP contribution in [-0.2, 0) is 15.7 Å². The van der Waals surface area contributed by atoms with Crippen molar-refractivity contribution in [3.8, 4) is 0 Å². The molecule has 2 fully saturated rings. The van der Waals surface area contributed by atoms with E-state index in [1.807, 2.05) is 6.92 Å². The molecule has 0 aromatic heterocycles. The molecule has 0 aromatic rings. The zero-order chi connectivity index (χ0) is 10.0. The Morgan fingerprint density at radius 3 is 2.07 bits per heavy atom. The van der Waals surface area contributed by atoms with Crippen LogP contribution in [0.1, 0.15) is 51.9 Å². The molecule has 0 spiro atoms. The second kappa shape index (κ2) is 4.26. The van der Waals surface area contributed by atoms with Crippen LogP contribution in [0.15, 0.2) is 0 Å². The molecule has 14 heavy (non-hydrogen) atoms. The summed E-state index contributed by atoms with van der Waals surface area (Å²) in [4.78, 5) is 11.9. The van der Waals surface area contributed by atoms with Gasteiger partial charge in [-0.3, -0.25) is 4.79 Å². The Labute approximate surface area is 90.0 Å². The molecule has 2 heteroatoms. The predicted octanol–water partition coefficient (Wildman–Crippen LogP) is 2.69. The molecule has 80 valence electrons. The van der Waals surface area contributed by atoms with Crippen molar-refractivity contribution in [1.82, 2.24) is 0 Å². The van der Waals surface area contributed by atoms with Crippen molar-refractivity contribution in [3.63, 3.8) is 0 Å². The maximum atomic E-state index is 11.9. The summed E-state index contributed by atoms with van der Waals surface area (Å²) in [5, 5.41) is 0. The number of carbonyl (C=O) groups excluding carboxylic acids is 1. The molecule has 0 bridgehead atoms. The van der Waals surface area contributed by atoms with Gasteiger partial charge >= 0.3 is 0 Å². The molecule has 2 rings (SSSR count). The van der Waals surface area contributed by atoms with Crippen LogP contribution in [0.4, 0.5) is 0 Å². The summed E-state index contributed by atoms with van der Waals surface area (Å²) in [7, 11) is 0.448. The van der Waals surface area contributed by atoms with E-state index in [1.165, 1.54) is 56.5 Å². The Morgan fingerprint density at radius 1 is 1.00 bits per heavy atom. The number of hydrogen-bond donors (Lipinski definition) is 0. The van der Waals surface area contributed by atoms with E-state index >= 15 is 0 Å². The highest BCUT2D eigenvalue weighted by molar-refractivity contribution is 7.99. The summed E-state index contributed by atoms with van der Waals surface area (Å²) in [6.45, 7) is 1.84. The Bertz CT molecular complexity index is 212. The van der Waals surface area contributed by atoms with Crippen molar-refractivity contribution in [2.24, 2.45) is 0 Å². The van der Waals surface area contributed by atoms with Gasteiger partial charge in [-0.15, -0.1) is 0 Å². The normalized spacial score (nSPS) is 27.8. The van der Waals surface area contributed by atoms with Crippen LogP contribution in [-0.4, -0.2) is 22.0 Å². The molecule has 0 unspecified atom stereocenters. The van der Waals surface area contributed by atoms with E-state index in [4.69, 9.17) is 0 Å². The van der Waals surface area contributed by atoms with E-state index in [0.717, 1.165) is 0 Å². The lowest BCUT2D eigenvalue weighted by Gasteiger charge is -2.32. The van der Waals surface area contributed by atoms with E-state index in [2.05, 4.69) is 0 Å². The Hall–Kier alpha value is 0.0200. The molecule has 1 heterocycles. The van der Waals surface area contributed by atoms with Crippen LogP contribution < -0.4 is 0 Å². The summed E-state index contributed by atoms with van der Waals surface area (Å²) in [6, 6.07) is 0. The smallest absolute Gasteiger partial charge is 0.185 e. The Kier molecular flexibility index (Phi) is 3.20. The van der Waals surface area contributed by atoms with Gasteiger partial charge in [0.2, 0.25) is 0 Å². The van der Waals surface area contributed by atoms with Crippen molar-refractivity contribution in [3.05, 3.63) is 0 Å². The van der Waals surface area contributed by atoms with Crippen LogP contribution >= 0.6 is 0 Å². The fourth-order valence-electron chi connectivity index (χ4n) is 3.01. The Morgan fingerprint density at radius 2 is 1.57 bits per heavy atom. The minimum absolute atomic E-state index is 0.148. The first-order chi connectivity index (χ1) is 6.76. The molecule has 0 radical (unpaired) electrons. The third kappa shape index (κ3) is 1.73. The molecule has 1 saturated carbocycles. The van der Waals surface area contributed by atoms with Crippen molar-refractivity contribution >= 4 is 16.7 Å². The topological polar surface area (TPSA) is 17.1 Å². The lowest BCUT2D eigenvalue weighted by Crippen LogP contribution is -2.47. The fraction of sp³-hybridized carbons (Fsp3) is 0.917. The lowest BCUT2D eigenvalue weighted by atomic mass is 9.86. The van der Waals surface area contributed by atoms with Crippen molar-refractivity contribution in [2.45, 2.75) is 56.6 Å². The van der Waals surface area contributed by atoms with Gasteiger partial charge in [-0.2, -0.15) is 0 Å². The minimum atomic E-state index is 0.148. The average molecular weight is 213 g/mol. The van der Waals surface area contributed by atoms with E-state index in [9.17, 15) is 4.79 Å². The first-order valence-electron chi connectivity index (χ1n) is 5.94. The van der Waals surface area contributed by atoms with Gasteiger partial charge in [0.15, 0.2) is 10.5 Å². The number of ketones is 1. The van der Waals surface area contributed by atoms with Crippen LogP contribution in [0.3, 0.4) is 0 Å². The lowest BCUT2D eigenvalue weighted by molar-refractivity contribution is -0.120. The van der Waals surface area contributed by atoms with Gasteiger partial charge in [-0.1, -0.05) is 6.42 Å². The minimum Gasteiger partial charge on any atom is -0.294 e. The van der Waals surface area contributed by atoms with E-state index in [1.54, 1.807) is 0 Å². The second-order valence-electron chi connectivity index (χ2n) is 4.72. The van der Waals surface area contributed by atoms with Gasteiger partial charge in [0, 0.05) is 23.7 Å². The number of Topliss-reactive ketones (excluding diaryl/α,β-unsaturated/α-hetero) is 1. The first kappa shape index (κ1) is 10.5. The second-order valence-corrected chi connectivity index (χ2v) is 7.30. The first-order valence-corrected chi connectivity index (χ1v) is 7.51. The largest absolute Gasteiger partial charge is 0.294 e. The van der Waals surface area contributed by atoms with E-state index in [-0.39, 0.29) is 4.75 Å². The molecular weight excluding hydrogens is 192 g/mol. The highest BCUT2D eigenvalue weighted by atomic mass is 32.2. The summed E-state index contributed by atoms with van der Waals surface area (Å²) in [5.74, 6) is 3.20. The van der Waals surface area contributed by atoms with Gasteiger partial charge in [-0.05, 0) is 32.6 Å². The molecule has 1 nitrogen and oxygen atoms in total. The van der Waals surface area contributed by atoms with E-state index < -0.39 is 0 Å². The molecular formula is C12H21OS+. The highest BCUT2D eigenvalue weighted by Gasteiger charge is 2.52. The molecule has 0 atom stereocenters. The number of rotatable bonds is 2. The molecule has 1 saturated heterocycles. The number of hydrogen-bond acceptors (Lipinski definition) is 1. The number of carbonyl (C=O) groups is 1. The quantitative estimate of drug-likeness (QED) is 0.645. The van der Waals surface area contributed by atoms with Gasteiger partial charge < -0.3 is 0 Å². The predicted molar refractivity (Wildman–Crippen MR) is 62.8 cm³/mol. The van der Waals surface area contributed by atoms with Crippen LogP contribution in [0.5, 0.6) is 0 Å². The van der Waals surface area contributed by atoms with Gasteiger partial charge in [-0.25, -0.2) is 0 Å². The van der Waals surface area contributed by atoms with Crippen molar-refractivity contribution < 1.29 is 4.79 Å². The third-order valence-corrected chi connectivity index (χ3v) is 7.25. The molecule has 2 aliphatic rings. The summed E-state index contributed by atoms with van der Waals surface area (Å²) < 4.78 is 0.148. The molecule has 0 aromatic carbocycles. The SMILES string of the molecule is CC(=O)C1([S+]2CCCC2)CCCCC1. The molecule has 1 aliphatic carbocycles. The van der Waals surface area contributed by atoms with Crippen molar-refractivity contribution in [1.29, 1.82) is 0 Å². The molecule has 0 N–H and O–H groups in total. The van der Waals surface area contributed by atoms with Crippen LogP contribution in [0.2, 0.25) is 0 Å². The Balaban J connectivity index is 2.15. The van der Waals surface area contributed by atoms with Gasteiger partial charge in [0.05, 0.1) is 0 Å². The van der Waals surface area contributed by atoms with Crippen LogP contribution in [0.25, 0.3) is 0 Å². The van der Waals surface area contributed by atoms with Gasteiger partial charge in [0.1, 0.15) is 11.5 Å². The molecule has 1 aliphatic heterocycles. The monoisotopic (exact) mass is 213 g/mol. The zero-order valence-electron chi connectivity index (χ0n) is 9.18. The average Bonchev–Trinajstić information content (AvgIpc) is 2.72. The van der Waals surface area contributed by atoms with Gasteiger partial charge in [0.25, 0.3) is 0 Å². The molecule has 0 amide bonds. The maximum Gasteiger partial charge on any atom is 0.185 e. The van der Waals surface area contributed by atoms with Crippen molar-refractivity contribution in [2.75, 3.05) is 11.5 Å². The highest BCUT2D eigenvalue weighted by Crippen LogP contribution is 2.40. The summed E-state index contributed by atoms with van der Waals surface area (Å²) in [5.41, 5.74) is 0.